The first-order valence-corrected chi connectivity index (χ1v) is 8.97. The van der Waals surface area contributed by atoms with Crippen molar-refractivity contribution in [3.63, 3.8) is 0 Å². The third-order valence-electron chi connectivity index (χ3n) is 5.57. The van der Waals surface area contributed by atoms with E-state index in [1.807, 2.05) is 18.5 Å². The van der Waals surface area contributed by atoms with Crippen LogP contribution in [0, 0.1) is 5.92 Å². The summed E-state index contributed by atoms with van der Waals surface area (Å²) in [4.78, 5) is 12.5. The summed E-state index contributed by atoms with van der Waals surface area (Å²) in [6.45, 7) is 0. The minimum Gasteiger partial charge on any atom is -0.342 e. The quantitative estimate of drug-likeness (QED) is 0.736. The van der Waals surface area contributed by atoms with Crippen molar-refractivity contribution in [2.75, 3.05) is 0 Å². The van der Waals surface area contributed by atoms with Crippen LogP contribution >= 0.6 is 12.4 Å². The van der Waals surface area contributed by atoms with Crippen LogP contribution in [0.1, 0.15) is 49.0 Å². The molecular formula is C20H23ClN4. The Morgan fingerprint density at radius 3 is 2.60 bits per heavy atom. The minimum absolute atomic E-state index is 0. The number of piperidine rings is 1. The van der Waals surface area contributed by atoms with Crippen LogP contribution < -0.4 is 5.32 Å². The molecule has 0 amide bonds. The molecule has 2 fully saturated rings. The molecule has 3 heterocycles. The highest BCUT2D eigenvalue weighted by molar-refractivity contribution is 5.85. The van der Waals surface area contributed by atoms with Crippen LogP contribution in [0.25, 0.3) is 11.4 Å². The monoisotopic (exact) mass is 354 g/mol. The highest BCUT2D eigenvalue weighted by Crippen LogP contribution is 2.43. The summed E-state index contributed by atoms with van der Waals surface area (Å²) in [5.74, 6) is 2.44. The van der Waals surface area contributed by atoms with Crippen molar-refractivity contribution >= 4 is 12.4 Å². The van der Waals surface area contributed by atoms with Gasteiger partial charge in [-0.2, -0.15) is 0 Å². The molecule has 1 saturated heterocycles. The van der Waals surface area contributed by atoms with Crippen LogP contribution in [0.5, 0.6) is 0 Å². The number of fused-ring (bicyclic) bond motifs is 1. The second-order valence-corrected chi connectivity index (χ2v) is 7.25. The Morgan fingerprint density at radius 1 is 0.960 bits per heavy atom. The number of nitrogens with zero attached hydrogens (tertiary/aromatic N) is 2. The molecule has 1 saturated carbocycles. The summed E-state index contributed by atoms with van der Waals surface area (Å²) < 4.78 is 0. The van der Waals surface area contributed by atoms with E-state index in [0.29, 0.717) is 18.0 Å². The van der Waals surface area contributed by atoms with E-state index in [9.17, 15) is 0 Å². The topological polar surface area (TPSA) is 53.6 Å². The van der Waals surface area contributed by atoms with Crippen LogP contribution in [0.4, 0.5) is 0 Å². The molecule has 0 spiro atoms. The fourth-order valence-electron chi connectivity index (χ4n) is 4.11. The second kappa shape index (κ2) is 6.77. The van der Waals surface area contributed by atoms with Crippen LogP contribution in [0.2, 0.25) is 0 Å². The van der Waals surface area contributed by atoms with Gasteiger partial charge in [0.1, 0.15) is 11.5 Å². The Bertz CT molecular complexity index is 798. The molecule has 130 valence electrons. The molecule has 0 bridgehead atoms. The number of aromatic nitrogens is 3. The number of rotatable bonds is 3. The van der Waals surface area contributed by atoms with Crippen molar-refractivity contribution in [1.29, 1.82) is 0 Å². The molecule has 3 atom stereocenters. The Labute approximate surface area is 154 Å². The van der Waals surface area contributed by atoms with Crippen LogP contribution in [-0.4, -0.2) is 21.0 Å². The van der Waals surface area contributed by atoms with Gasteiger partial charge in [0.15, 0.2) is 0 Å². The van der Waals surface area contributed by atoms with E-state index in [-0.39, 0.29) is 12.4 Å². The maximum absolute atomic E-state index is 4.70. The number of hydrogen-bond acceptors (Lipinski definition) is 3. The summed E-state index contributed by atoms with van der Waals surface area (Å²) in [6, 6.07) is 13.9. The van der Waals surface area contributed by atoms with E-state index in [1.165, 1.54) is 24.8 Å². The highest BCUT2D eigenvalue weighted by Gasteiger charge is 2.39. The van der Waals surface area contributed by atoms with Gasteiger partial charge >= 0.3 is 0 Å². The van der Waals surface area contributed by atoms with Crippen LogP contribution in [-0.2, 0) is 0 Å². The maximum atomic E-state index is 4.70. The zero-order valence-electron chi connectivity index (χ0n) is 14.1. The Balaban J connectivity index is 0.00000157. The summed E-state index contributed by atoms with van der Waals surface area (Å²) >= 11 is 0. The first-order valence-electron chi connectivity index (χ1n) is 8.97. The number of aromatic amines is 1. The standard InChI is InChI=1S/C20H22N4.ClH/c1-2-4-13(5-3-1)17-10-15(11-18(23-17)14-6-7-14)20-22-12-19-16(24-20)8-9-21-19;/h1-5,8-9,12,14-15,17-18,23H,6-7,10-11H2,(H,22,24);1H. The summed E-state index contributed by atoms with van der Waals surface area (Å²) in [5.41, 5.74) is 3.44. The normalized spacial score (nSPS) is 26.3. The van der Waals surface area contributed by atoms with Gasteiger partial charge in [0, 0.05) is 24.2 Å². The van der Waals surface area contributed by atoms with Gasteiger partial charge in [0.05, 0.1) is 11.9 Å². The molecule has 4 aliphatic rings. The number of hydrogen-bond donors (Lipinski definition) is 2. The number of halogens is 1. The lowest BCUT2D eigenvalue weighted by Gasteiger charge is -2.36. The molecule has 4 nitrogen and oxygen atoms in total. The average Bonchev–Trinajstić information content (AvgIpc) is 3.39. The molecule has 0 aromatic heterocycles. The van der Waals surface area contributed by atoms with Crippen molar-refractivity contribution in [1.82, 2.24) is 20.3 Å². The van der Waals surface area contributed by atoms with Gasteiger partial charge in [-0.25, -0.2) is 4.98 Å². The Morgan fingerprint density at radius 2 is 1.80 bits per heavy atom. The molecule has 0 radical (unpaired) electrons. The van der Waals surface area contributed by atoms with E-state index in [1.54, 1.807) is 0 Å². The summed E-state index contributed by atoms with van der Waals surface area (Å²) in [7, 11) is 0. The molecule has 1 aromatic rings. The van der Waals surface area contributed by atoms with E-state index in [4.69, 9.17) is 4.98 Å². The van der Waals surface area contributed by atoms with Crippen molar-refractivity contribution < 1.29 is 0 Å². The largest absolute Gasteiger partial charge is 0.342 e. The van der Waals surface area contributed by atoms with Crippen LogP contribution in [0.3, 0.4) is 0 Å². The molecule has 1 aromatic carbocycles. The number of nitrogens with one attached hydrogen (secondary N) is 2. The smallest absolute Gasteiger partial charge is 0.109 e. The van der Waals surface area contributed by atoms with E-state index >= 15 is 0 Å². The van der Waals surface area contributed by atoms with Gasteiger partial charge in [-0.3, -0.25) is 4.98 Å². The van der Waals surface area contributed by atoms with E-state index < -0.39 is 0 Å². The molecule has 1 aliphatic carbocycles. The molecule has 3 unspecified atom stereocenters. The zero-order chi connectivity index (χ0) is 15.9. The van der Waals surface area contributed by atoms with Crippen LogP contribution in [0.15, 0.2) is 48.8 Å². The number of benzene rings is 1. The van der Waals surface area contributed by atoms with Crippen molar-refractivity contribution in [3.05, 3.63) is 60.2 Å². The van der Waals surface area contributed by atoms with Crippen molar-refractivity contribution in [2.45, 2.75) is 43.7 Å². The second-order valence-electron chi connectivity index (χ2n) is 7.25. The van der Waals surface area contributed by atoms with Crippen molar-refractivity contribution in [3.8, 4) is 11.4 Å². The molecule has 5 heteroatoms. The molecule has 5 rings (SSSR count). The predicted molar refractivity (Wildman–Crippen MR) is 101 cm³/mol. The molecule has 3 aliphatic heterocycles. The van der Waals surface area contributed by atoms with Gasteiger partial charge in [0.25, 0.3) is 0 Å². The molecule has 25 heavy (non-hydrogen) atoms. The third-order valence-corrected chi connectivity index (χ3v) is 5.57. The first kappa shape index (κ1) is 16.6. The predicted octanol–water partition coefficient (Wildman–Crippen LogP) is 4.32. The maximum Gasteiger partial charge on any atom is 0.109 e. The minimum atomic E-state index is 0. The van der Waals surface area contributed by atoms with E-state index in [2.05, 4.69) is 45.6 Å². The average molecular weight is 355 g/mol. The van der Waals surface area contributed by atoms with Gasteiger partial charge in [-0.05, 0) is 43.2 Å². The lowest BCUT2D eigenvalue weighted by atomic mass is 9.83. The fourth-order valence-corrected chi connectivity index (χ4v) is 4.11. The van der Waals surface area contributed by atoms with Gasteiger partial charge in [-0.15, -0.1) is 12.4 Å². The highest BCUT2D eigenvalue weighted by atomic mass is 35.5. The van der Waals surface area contributed by atoms with Gasteiger partial charge in [0.2, 0.25) is 0 Å². The summed E-state index contributed by atoms with van der Waals surface area (Å²) in [6.07, 6.45) is 8.76. The lowest BCUT2D eigenvalue weighted by Crippen LogP contribution is -2.41. The Kier molecular flexibility index (Phi) is 4.48. The van der Waals surface area contributed by atoms with E-state index in [0.717, 1.165) is 29.6 Å². The third kappa shape index (κ3) is 3.29. The molecular weight excluding hydrogens is 332 g/mol. The Hall–Kier alpha value is -1.91. The van der Waals surface area contributed by atoms with Gasteiger partial charge < -0.3 is 10.3 Å². The zero-order valence-corrected chi connectivity index (χ0v) is 14.9. The SMILES string of the molecule is Cl.c1ccc(C2CC(c3ncc4nccc-4[nH]3)CC(C3CC3)N2)cc1. The fraction of sp³-hybridized carbons (Fsp3) is 0.400. The number of H-pyrrole nitrogens is 1. The first-order chi connectivity index (χ1) is 11.9. The summed E-state index contributed by atoms with van der Waals surface area (Å²) in [5, 5.41) is 3.91. The van der Waals surface area contributed by atoms with Gasteiger partial charge in [-0.1, -0.05) is 30.3 Å². The molecule has 2 N–H and O–H groups in total. The lowest BCUT2D eigenvalue weighted by molar-refractivity contribution is 0.266. The van der Waals surface area contributed by atoms with Crippen molar-refractivity contribution in [2.24, 2.45) is 5.92 Å².